The fourth-order valence-corrected chi connectivity index (χ4v) is 2.49. The molecule has 2 rings (SSSR count). The normalized spacial score (nSPS) is 14.1. The second-order valence-corrected chi connectivity index (χ2v) is 5.53. The lowest BCUT2D eigenvalue weighted by Crippen LogP contribution is -2.33. The van der Waals surface area contributed by atoms with Gasteiger partial charge in [0.2, 0.25) is 0 Å². The van der Waals surface area contributed by atoms with Crippen molar-refractivity contribution in [2.24, 2.45) is 0 Å². The summed E-state index contributed by atoms with van der Waals surface area (Å²) in [5, 5.41) is 13.3. The molecule has 0 bridgehead atoms. The summed E-state index contributed by atoms with van der Waals surface area (Å²) in [7, 11) is 1.64. The van der Waals surface area contributed by atoms with Gasteiger partial charge in [-0.15, -0.1) is 0 Å². The third-order valence-corrected chi connectivity index (χ3v) is 3.74. The van der Waals surface area contributed by atoms with Crippen molar-refractivity contribution in [3.05, 3.63) is 90.2 Å². The summed E-state index contributed by atoms with van der Waals surface area (Å²) >= 11 is 0. The molecule has 3 nitrogen and oxygen atoms in total. The highest BCUT2D eigenvalue weighted by Crippen LogP contribution is 2.15. The molecular formula is C21H25NO2. The SMILES string of the molecule is CO/C=C\C[C@@H](/C=C/c1ccccc1)N[C@H](CO)c1ccccc1. The second-order valence-electron chi connectivity index (χ2n) is 5.53. The Bertz CT molecular complexity index is 623. The van der Waals surface area contributed by atoms with Gasteiger partial charge in [0.05, 0.1) is 26.0 Å². The number of rotatable bonds is 9. The Labute approximate surface area is 144 Å². The number of methoxy groups -OCH3 is 1. The molecule has 126 valence electrons. The maximum absolute atomic E-state index is 9.76. The molecule has 0 aliphatic carbocycles. The maximum atomic E-state index is 9.76. The van der Waals surface area contributed by atoms with Crippen LogP contribution in [0.2, 0.25) is 0 Å². The molecule has 0 heterocycles. The molecule has 0 unspecified atom stereocenters. The number of benzene rings is 2. The number of aliphatic hydroxyl groups excluding tert-OH is 1. The smallest absolute Gasteiger partial charge is 0.0785 e. The first kappa shape index (κ1) is 18.0. The van der Waals surface area contributed by atoms with Crippen molar-refractivity contribution in [3.8, 4) is 0 Å². The summed E-state index contributed by atoms with van der Waals surface area (Å²) in [4.78, 5) is 0. The molecule has 2 aromatic rings. The van der Waals surface area contributed by atoms with Gasteiger partial charge in [0.15, 0.2) is 0 Å². The molecule has 0 aliphatic rings. The first-order valence-corrected chi connectivity index (χ1v) is 8.16. The van der Waals surface area contributed by atoms with E-state index >= 15 is 0 Å². The fourth-order valence-electron chi connectivity index (χ4n) is 2.49. The van der Waals surface area contributed by atoms with Crippen molar-refractivity contribution in [3.63, 3.8) is 0 Å². The molecule has 2 atom stereocenters. The van der Waals surface area contributed by atoms with Crippen LogP contribution < -0.4 is 5.32 Å². The predicted molar refractivity (Wildman–Crippen MR) is 99.4 cm³/mol. The molecule has 24 heavy (non-hydrogen) atoms. The number of hydrogen-bond acceptors (Lipinski definition) is 3. The molecule has 0 amide bonds. The van der Waals surface area contributed by atoms with Gasteiger partial charge in [-0.2, -0.15) is 0 Å². The van der Waals surface area contributed by atoms with Crippen molar-refractivity contribution in [2.75, 3.05) is 13.7 Å². The van der Waals surface area contributed by atoms with E-state index in [1.54, 1.807) is 13.4 Å². The van der Waals surface area contributed by atoms with Gasteiger partial charge in [-0.05, 0) is 23.6 Å². The molecule has 0 aromatic heterocycles. The average molecular weight is 323 g/mol. The summed E-state index contributed by atoms with van der Waals surface area (Å²) in [6, 6.07) is 20.2. The fraction of sp³-hybridized carbons (Fsp3) is 0.238. The van der Waals surface area contributed by atoms with Gasteiger partial charge >= 0.3 is 0 Å². The molecule has 0 radical (unpaired) electrons. The Hall–Kier alpha value is -2.36. The minimum atomic E-state index is -0.104. The lowest BCUT2D eigenvalue weighted by Gasteiger charge is -2.22. The highest BCUT2D eigenvalue weighted by molar-refractivity contribution is 5.49. The summed E-state index contributed by atoms with van der Waals surface area (Å²) in [5.41, 5.74) is 2.23. The van der Waals surface area contributed by atoms with Crippen LogP contribution in [0.1, 0.15) is 23.6 Å². The van der Waals surface area contributed by atoms with Gasteiger partial charge in [-0.3, -0.25) is 0 Å². The van der Waals surface area contributed by atoms with E-state index in [0.717, 1.165) is 17.5 Å². The molecule has 0 saturated heterocycles. The largest absolute Gasteiger partial charge is 0.505 e. The molecule has 0 spiro atoms. The van der Waals surface area contributed by atoms with Crippen molar-refractivity contribution in [1.29, 1.82) is 0 Å². The zero-order chi connectivity index (χ0) is 17.0. The topological polar surface area (TPSA) is 41.5 Å². The van der Waals surface area contributed by atoms with Crippen LogP contribution in [0.3, 0.4) is 0 Å². The maximum Gasteiger partial charge on any atom is 0.0785 e. The molecule has 0 fully saturated rings. The van der Waals surface area contributed by atoms with Crippen LogP contribution in [0.5, 0.6) is 0 Å². The van der Waals surface area contributed by atoms with E-state index in [4.69, 9.17) is 4.74 Å². The first-order valence-electron chi connectivity index (χ1n) is 8.16. The zero-order valence-corrected chi connectivity index (χ0v) is 14.0. The lowest BCUT2D eigenvalue weighted by atomic mass is 10.0. The summed E-state index contributed by atoms with van der Waals surface area (Å²) in [5.74, 6) is 0. The summed E-state index contributed by atoms with van der Waals surface area (Å²) in [6.07, 6.45) is 8.66. The van der Waals surface area contributed by atoms with E-state index < -0.39 is 0 Å². The van der Waals surface area contributed by atoms with Crippen LogP contribution in [0.4, 0.5) is 0 Å². The number of ether oxygens (including phenoxy) is 1. The zero-order valence-electron chi connectivity index (χ0n) is 14.0. The summed E-state index contributed by atoms with van der Waals surface area (Å²) in [6.45, 7) is 0.0493. The highest BCUT2D eigenvalue weighted by Gasteiger charge is 2.13. The first-order chi connectivity index (χ1) is 11.8. The van der Waals surface area contributed by atoms with Gasteiger partial charge in [-0.1, -0.05) is 72.8 Å². The monoisotopic (exact) mass is 323 g/mol. The molecule has 0 saturated carbocycles. The predicted octanol–water partition coefficient (Wildman–Crippen LogP) is 3.94. The van der Waals surface area contributed by atoms with Gasteiger partial charge in [0.25, 0.3) is 0 Å². The van der Waals surface area contributed by atoms with Gasteiger partial charge in [-0.25, -0.2) is 0 Å². The molecule has 0 aliphatic heterocycles. The second kappa shape index (κ2) is 10.4. The van der Waals surface area contributed by atoms with Crippen LogP contribution >= 0.6 is 0 Å². The third-order valence-electron chi connectivity index (χ3n) is 3.74. The van der Waals surface area contributed by atoms with Crippen LogP contribution in [0, 0.1) is 0 Å². The van der Waals surface area contributed by atoms with Crippen molar-refractivity contribution >= 4 is 6.08 Å². The Balaban J connectivity index is 2.09. The van der Waals surface area contributed by atoms with Gasteiger partial charge < -0.3 is 15.2 Å². The molecule has 2 N–H and O–H groups in total. The Morgan fingerprint density at radius 3 is 2.33 bits per heavy atom. The van der Waals surface area contributed by atoms with Crippen LogP contribution in [0.25, 0.3) is 6.08 Å². The number of nitrogens with one attached hydrogen (secondary N) is 1. The van der Waals surface area contributed by atoms with Crippen LogP contribution in [0.15, 0.2) is 79.1 Å². The molecule has 2 aromatic carbocycles. The Morgan fingerprint density at radius 1 is 1.04 bits per heavy atom. The van der Waals surface area contributed by atoms with Crippen LogP contribution in [-0.4, -0.2) is 24.9 Å². The van der Waals surface area contributed by atoms with Crippen molar-refractivity contribution in [1.82, 2.24) is 5.32 Å². The van der Waals surface area contributed by atoms with E-state index in [1.165, 1.54) is 0 Å². The number of hydrogen-bond donors (Lipinski definition) is 2. The highest BCUT2D eigenvalue weighted by atomic mass is 16.5. The minimum absolute atomic E-state index is 0.0493. The van der Waals surface area contributed by atoms with Crippen molar-refractivity contribution in [2.45, 2.75) is 18.5 Å². The van der Waals surface area contributed by atoms with E-state index in [1.807, 2.05) is 54.6 Å². The van der Waals surface area contributed by atoms with E-state index in [-0.39, 0.29) is 18.7 Å². The van der Waals surface area contributed by atoms with E-state index in [0.29, 0.717) is 0 Å². The Kier molecular flexibility index (Phi) is 7.81. The molecule has 3 heteroatoms. The summed E-state index contributed by atoms with van der Waals surface area (Å²) < 4.78 is 4.99. The van der Waals surface area contributed by atoms with Crippen molar-refractivity contribution < 1.29 is 9.84 Å². The van der Waals surface area contributed by atoms with E-state index in [9.17, 15) is 5.11 Å². The van der Waals surface area contributed by atoms with Crippen LogP contribution in [-0.2, 0) is 4.74 Å². The quantitative estimate of drug-likeness (QED) is 0.687. The third kappa shape index (κ3) is 6.03. The minimum Gasteiger partial charge on any atom is -0.505 e. The van der Waals surface area contributed by atoms with Gasteiger partial charge in [0, 0.05) is 6.04 Å². The number of aliphatic hydroxyl groups is 1. The Morgan fingerprint density at radius 2 is 1.71 bits per heavy atom. The average Bonchev–Trinajstić information content (AvgIpc) is 2.65. The van der Waals surface area contributed by atoms with E-state index in [2.05, 4.69) is 29.6 Å². The standard InChI is InChI=1S/C21H25NO2/c1-24-16-8-13-20(15-14-18-9-4-2-5-10-18)22-21(17-23)19-11-6-3-7-12-19/h2-12,14-16,20-23H,13,17H2,1H3/b15-14+,16-8-/t20-,21+/m0/s1. The van der Waals surface area contributed by atoms with Gasteiger partial charge in [0.1, 0.15) is 0 Å². The molecular weight excluding hydrogens is 298 g/mol. The lowest BCUT2D eigenvalue weighted by molar-refractivity contribution is 0.238.